The van der Waals surface area contributed by atoms with Gasteiger partial charge in [-0.15, -0.1) is 0 Å². The highest BCUT2D eigenvalue weighted by atomic mass is 16.6. The lowest BCUT2D eigenvalue weighted by Gasteiger charge is -2.20. The number of carbonyl (C=O) groups is 1. The molecule has 0 aliphatic heterocycles. The van der Waals surface area contributed by atoms with E-state index in [2.05, 4.69) is 0 Å². The predicted molar refractivity (Wildman–Crippen MR) is 44.1 cm³/mol. The van der Waals surface area contributed by atoms with Crippen molar-refractivity contribution in [1.29, 1.82) is 5.26 Å². The number of nitrogens with zero attached hydrogens (tertiary/aromatic N) is 2. The molecule has 0 atom stereocenters. The van der Waals surface area contributed by atoms with Gasteiger partial charge in [0.05, 0.1) is 0 Å². The third-order valence-corrected chi connectivity index (χ3v) is 0.828. The maximum Gasteiger partial charge on any atom is 0.326 e. The molecule has 0 saturated heterocycles. The van der Waals surface area contributed by atoms with Crippen LogP contribution >= 0.6 is 0 Å². The van der Waals surface area contributed by atoms with E-state index in [0.717, 1.165) is 0 Å². The number of likely N-dealkylation sites (N-methyl/N-ethyl adjacent to an activating group) is 1. The van der Waals surface area contributed by atoms with E-state index < -0.39 is 25.1 Å². The number of ether oxygens (including phenoxy) is 1. The van der Waals surface area contributed by atoms with E-state index >= 15 is 0 Å². The molecular weight excluding hydrogens is 156 g/mol. The van der Waals surface area contributed by atoms with E-state index in [1.807, 2.05) is 0 Å². The standard InChI is InChI=1S/C8H14N2O2/c1-8(2,3)12-7(11)5-10(4)6-9/h5H2,1-4H3/i4D3. The minimum atomic E-state index is -2.61. The second kappa shape index (κ2) is 3.96. The van der Waals surface area contributed by atoms with Gasteiger partial charge in [0, 0.05) is 11.1 Å². The van der Waals surface area contributed by atoms with Gasteiger partial charge in [-0.3, -0.25) is 4.79 Å². The molecule has 0 heterocycles. The average molecular weight is 173 g/mol. The zero-order valence-corrected chi connectivity index (χ0v) is 7.42. The van der Waals surface area contributed by atoms with Crippen molar-refractivity contribution in [1.82, 2.24) is 4.90 Å². The number of carbonyl (C=O) groups excluding carboxylic acids is 1. The molecule has 4 heteroatoms. The van der Waals surface area contributed by atoms with E-state index in [1.54, 1.807) is 20.8 Å². The van der Waals surface area contributed by atoms with Crippen LogP contribution < -0.4 is 0 Å². The fourth-order valence-electron chi connectivity index (χ4n) is 0.538. The Labute approximate surface area is 76.9 Å². The molecule has 68 valence electrons. The van der Waals surface area contributed by atoms with Crippen molar-refractivity contribution in [2.45, 2.75) is 26.4 Å². The number of nitriles is 1. The summed E-state index contributed by atoms with van der Waals surface area (Å²) in [4.78, 5) is 11.6. The SMILES string of the molecule is [2H]C([2H])([2H])N(C#N)CC(=O)OC(C)(C)C. The molecule has 12 heavy (non-hydrogen) atoms. The average Bonchev–Trinajstić information content (AvgIpc) is 1.94. The fraction of sp³-hybridized carbons (Fsp3) is 0.750. The molecule has 0 aliphatic carbocycles. The summed E-state index contributed by atoms with van der Waals surface area (Å²) in [6.07, 6.45) is 1.43. The van der Waals surface area contributed by atoms with Gasteiger partial charge in [0.25, 0.3) is 0 Å². The smallest absolute Gasteiger partial charge is 0.326 e. The predicted octanol–water partition coefficient (Wildman–Crippen LogP) is 0.741. The Hall–Kier alpha value is -1.24. The molecule has 0 fully saturated rings. The van der Waals surface area contributed by atoms with Crippen molar-refractivity contribution in [3.05, 3.63) is 0 Å². The summed E-state index contributed by atoms with van der Waals surface area (Å²) < 4.78 is 25.7. The summed E-state index contributed by atoms with van der Waals surface area (Å²) in [5.41, 5.74) is -0.688. The fourth-order valence-corrected chi connectivity index (χ4v) is 0.538. The van der Waals surface area contributed by atoms with E-state index in [-0.39, 0.29) is 0 Å². The third kappa shape index (κ3) is 5.54. The first-order valence-electron chi connectivity index (χ1n) is 4.95. The molecule has 0 radical (unpaired) electrons. The highest BCUT2D eigenvalue weighted by Crippen LogP contribution is 2.06. The maximum absolute atomic E-state index is 11.2. The van der Waals surface area contributed by atoms with Gasteiger partial charge in [0.1, 0.15) is 12.1 Å². The van der Waals surface area contributed by atoms with Crippen molar-refractivity contribution >= 4 is 5.97 Å². The lowest BCUT2D eigenvalue weighted by molar-refractivity contribution is -0.155. The van der Waals surface area contributed by atoms with E-state index in [0.29, 0.717) is 4.90 Å². The lowest BCUT2D eigenvalue weighted by Crippen LogP contribution is -2.30. The minimum Gasteiger partial charge on any atom is -0.459 e. The molecule has 0 spiro atoms. The summed E-state index contributed by atoms with van der Waals surface area (Å²) in [5, 5.41) is 8.52. The van der Waals surface area contributed by atoms with Gasteiger partial charge < -0.3 is 9.64 Å². The van der Waals surface area contributed by atoms with Crippen LogP contribution in [0.15, 0.2) is 0 Å². The Bertz CT molecular complexity index is 275. The molecule has 0 saturated carbocycles. The van der Waals surface area contributed by atoms with Crippen LogP contribution in [0.3, 0.4) is 0 Å². The van der Waals surface area contributed by atoms with Crippen LogP contribution in [0.1, 0.15) is 24.9 Å². The zero-order valence-electron chi connectivity index (χ0n) is 10.4. The van der Waals surface area contributed by atoms with Crippen molar-refractivity contribution in [3.8, 4) is 6.19 Å². The van der Waals surface area contributed by atoms with Crippen LogP contribution in [-0.2, 0) is 9.53 Å². The quantitative estimate of drug-likeness (QED) is 0.351. The minimum absolute atomic E-state index is 0.404. The molecule has 0 aromatic heterocycles. The monoisotopic (exact) mass is 173 g/mol. The highest BCUT2D eigenvalue weighted by Gasteiger charge is 2.16. The molecule has 0 aromatic rings. The van der Waals surface area contributed by atoms with Crippen molar-refractivity contribution < 1.29 is 13.6 Å². The second-order valence-electron chi connectivity index (χ2n) is 3.27. The molecule has 0 rings (SSSR count). The van der Waals surface area contributed by atoms with Gasteiger partial charge in [0.15, 0.2) is 6.19 Å². The Balaban J connectivity index is 4.36. The molecule has 0 amide bonds. The largest absolute Gasteiger partial charge is 0.459 e. The summed E-state index contributed by atoms with van der Waals surface area (Å²) in [7, 11) is 0. The Morgan fingerprint density at radius 3 is 2.67 bits per heavy atom. The van der Waals surface area contributed by atoms with Crippen molar-refractivity contribution in [2.75, 3.05) is 13.5 Å². The first-order valence-corrected chi connectivity index (χ1v) is 3.45. The van der Waals surface area contributed by atoms with Gasteiger partial charge in [0.2, 0.25) is 0 Å². The molecule has 0 aliphatic rings. The topological polar surface area (TPSA) is 53.3 Å². The van der Waals surface area contributed by atoms with Crippen LogP contribution in [0.25, 0.3) is 0 Å². The first-order chi connectivity index (χ1) is 6.56. The summed E-state index contributed by atoms with van der Waals surface area (Å²) in [6, 6.07) is 0. The van der Waals surface area contributed by atoms with E-state index in [1.165, 1.54) is 6.19 Å². The van der Waals surface area contributed by atoms with Crippen LogP contribution in [0.5, 0.6) is 0 Å². The number of hydrogen-bond acceptors (Lipinski definition) is 4. The van der Waals surface area contributed by atoms with E-state index in [4.69, 9.17) is 14.1 Å². The summed E-state index contributed by atoms with van der Waals surface area (Å²) in [5.74, 6) is -0.736. The lowest BCUT2D eigenvalue weighted by atomic mass is 10.2. The molecule has 4 nitrogen and oxygen atoms in total. The molecular formula is C8H14N2O2. The molecule has 0 aromatic carbocycles. The van der Waals surface area contributed by atoms with Gasteiger partial charge in [-0.2, -0.15) is 5.26 Å². The molecule has 0 unspecified atom stereocenters. The highest BCUT2D eigenvalue weighted by molar-refractivity contribution is 5.72. The van der Waals surface area contributed by atoms with Gasteiger partial charge in [-0.1, -0.05) is 0 Å². The van der Waals surface area contributed by atoms with Crippen molar-refractivity contribution in [2.24, 2.45) is 0 Å². The number of rotatable bonds is 2. The third-order valence-electron chi connectivity index (χ3n) is 0.828. The Morgan fingerprint density at radius 2 is 2.33 bits per heavy atom. The first kappa shape index (κ1) is 6.30. The molecule has 0 bridgehead atoms. The van der Waals surface area contributed by atoms with Crippen molar-refractivity contribution in [3.63, 3.8) is 0 Å². The Kier molecular flexibility index (Phi) is 2.08. The van der Waals surface area contributed by atoms with Gasteiger partial charge in [-0.25, -0.2) is 0 Å². The van der Waals surface area contributed by atoms with Gasteiger partial charge in [-0.05, 0) is 20.8 Å². The summed E-state index contributed by atoms with van der Waals surface area (Å²) in [6.45, 7) is 1.82. The summed E-state index contributed by atoms with van der Waals surface area (Å²) >= 11 is 0. The second-order valence-corrected chi connectivity index (χ2v) is 3.27. The van der Waals surface area contributed by atoms with Crippen LogP contribution in [0, 0.1) is 11.5 Å². The Morgan fingerprint density at radius 1 is 1.75 bits per heavy atom. The van der Waals surface area contributed by atoms with Crippen LogP contribution in [0.4, 0.5) is 0 Å². The van der Waals surface area contributed by atoms with Crippen LogP contribution in [-0.4, -0.2) is 30.0 Å². The van der Waals surface area contributed by atoms with E-state index in [9.17, 15) is 4.79 Å². The maximum atomic E-state index is 11.2. The number of hydrogen-bond donors (Lipinski definition) is 0. The van der Waals surface area contributed by atoms with Gasteiger partial charge >= 0.3 is 5.97 Å². The molecule has 0 N–H and O–H groups in total. The number of esters is 1. The zero-order chi connectivity index (χ0) is 12.3. The van der Waals surface area contributed by atoms with Crippen LogP contribution in [0.2, 0.25) is 0 Å². The normalized spacial score (nSPS) is 15.0.